The predicted octanol–water partition coefficient (Wildman–Crippen LogP) is 2.64. The van der Waals surface area contributed by atoms with Gasteiger partial charge in [-0.2, -0.15) is 0 Å². The van der Waals surface area contributed by atoms with Crippen LogP contribution in [0, 0.1) is 0 Å². The van der Waals surface area contributed by atoms with Crippen molar-refractivity contribution in [2.24, 2.45) is 0 Å². The molecule has 2 amide bonds. The maximum absolute atomic E-state index is 12.5. The average Bonchev–Trinajstić information content (AvgIpc) is 2.61. The van der Waals surface area contributed by atoms with E-state index >= 15 is 0 Å². The maximum atomic E-state index is 12.5. The summed E-state index contributed by atoms with van der Waals surface area (Å²) in [5, 5.41) is 10.2. The Balaban J connectivity index is 1.66. The monoisotopic (exact) mass is 344 g/mol. The number of carbonyl (C=O) groups is 2. The van der Waals surface area contributed by atoms with Crippen molar-refractivity contribution in [3.8, 4) is 5.75 Å². The van der Waals surface area contributed by atoms with Gasteiger partial charge in [0.15, 0.2) is 0 Å². The van der Waals surface area contributed by atoms with Crippen LogP contribution in [-0.4, -0.2) is 52.9 Å². The van der Waals surface area contributed by atoms with Crippen LogP contribution in [0.5, 0.6) is 5.75 Å². The van der Waals surface area contributed by atoms with Crippen LogP contribution in [0.1, 0.15) is 20.7 Å². The Morgan fingerprint density at radius 2 is 1.25 bits per heavy atom. The smallest absolute Gasteiger partial charge is 0.257 e. The SMILES string of the molecule is O=C(c1ccccc1O)N1CCN(C(=O)c2ccccc2Cl)CC1. The Bertz CT molecular complexity index is 705. The van der Waals surface area contributed by atoms with Crippen molar-refractivity contribution in [1.82, 2.24) is 9.80 Å². The summed E-state index contributed by atoms with van der Waals surface area (Å²) in [4.78, 5) is 28.3. The first-order valence-corrected chi connectivity index (χ1v) is 8.07. The van der Waals surface area contributed by atoms with Gasteiger partial charge in [-0.15, -0.1) is 0 Å². The Morgan fingerprint density at radius 3 is 1.79 bits per heavy atom. The summed E-state index contributed by atoms with van der Waals surface area (Å²) in [7, 11) is 0. The Morgan fingerprint density at radius 1 is 0.792 bits per heavy atom. The lowest BCUT2D eigenvalue weighted by atomic mass is 10.1. The largest absolute Gasteiger partial charge is 0.507 e. The Labute approximate surface area is 145 Å². The number of carbonyl (C=O) groups excluding carboxylic acids is 2. The zero-order chi connectivity index (χ0) is 17.1. The minimum absolute atomic E-state index is 0.0305. The van der Waals surface area contributed by atoms with Gasteiger partial charge in [0.2, 0.25) is 0 Å². The molecule has 2 aromatic rings. The lowest BCUT2D eigenvalue weighted by molar-refractivity contribution is 0.0534. The van der Waals surface area contributed by atoms with Crippen molar-refractivity contribution in [1.29, 1.82) is 0 Å². The summed E-state index contributed by atoms with van der Waals surface area (Å²) in [6.07, 6.45) is 0. The minimum Gasteiger partial charge on any atom is -0.507 e. The standard InChI is InChI=1S/C18H17ClN2O3/c19-15-7-3-1-5-13(15)17(23)20-9-11-21(12-10-20)18(24)14-6-2-4-8-16(14)22/h1-8,22H,9-12H2. The molecule has 0 aromatic heterocycles. The Hall–Kier alpha value is -2.53. The molecule has 1 heterocycles. The minimum atomic E-state index is -0.224. The van der Waals surface area contributed by atoms with Gasteiger partial charge in [-0.3, -0.25) is 9.59 Å². The molecule has 3 rings (SSSR count). The van der Waals surface area contributed by atoms with Crippen molar-refractivity contribution in [3.05, 3.63) is 64.7 Å². The molecule has 1 aliphatic rings. The number of piperazine rings is 1. The number of amides is 2. The van der Waals surface area contributed by atoms with E-state index in [0.29, 0.717) is 36.8 Å². The van der Waals surface area contributed by atoms with Gasteiger partial charge in [0.1, 0.15) is 5.75 Å². The number of hydrogen-bond donors (Lipinski definition) is 1. The molecule has 6 heteroatoms. The maximum Gasteiger partial charge on any atom is 0.257 e. The van der Waals surface area contributed by atoms with Gasteiger partial charge in [0.25, 0.3) is 11.8 Å². The zero-order valence-corrected chi connectivity index (χ0v) is 13.7. The molecule has 0 saturated carbocycles. The molecule has 0 bridgehead atoms. The second kappa shape index (κ2) is 6.93. The first-order chi connectivity index (χ1) is 11.6. The Kier molecular flexibility index (Phi) is 4.71. The quantitative estimate of drug-likeness (QED) is 0.911. The van der Waals surface area contributed by atoms with Crippen LogP contribution in [0.25, 0.3) is 0 Å². The summed E-state index contributed by atoms with van der Waals surface area (Å²) < 4.78 is 0. The number of para-hydroxylation sites is 1. The van der Waals surface area contributed by atoms with E-state index in [9.17, 15) is 14.7 Å². The van der Waals surface area contributed by atoms with E-state index in [1.165, 1.54) is 6.07 Å². The molecule has 124 valence electrons. The van der Waals surface area contributed by atoms with E-state index in [2.05, 4.69) is 0 Å². The highest BCUT2D eigenvalue weighted by Crippen LogP contribution is 2.21. The molecular weight excluding hydrogens is 328 g/mol. The summed E-state index contributed by atoms with van der Waals surface area (Å²) in [5.74, 6) is -0.384. The normalized spacial score (nSPS) is 14.5. The molecule has 0 atom stereocenters. The third-order valence-corrected chi connectivity index (χ3v) is 4.42. The molecule has 0 aliphatic carbocycles. The lowest BCUT2D eigenvalue weighted by Crippen LogP contribution is -2.50. The molecule has 1 fully saturated rings. The van der Waals surface area contributed by atoms with Crippen molar-refractivity contribution >= 4 is 23.4 Å². The third-order valence-electron chi connectivity index (χ3n) is 4.09. The molecule has 2 aromatic carbocycles. The third kappa shape index (κ3) is 3.21. The molecule has 0 radical (unpaired) electrons. The predicted molar refractivity (Wildman–Crippen MR) is 91.4 cm³/mol. The van der Waals surface area contributed by atoms with Crippen LogP contribution in [-0.2, 0) is 0 Å². The summed E-state index contributed by atoms with van der Waals surface area (Å²) >= 11 is 6.08. The van der Waals surface area contributed by atoms with E-state index < -0.39 is 0 Å². The number of nitrogens with zero attached hydrogens (tertiary/aromatic N) is 2. The topological polar surface area (TPSA) is 60.9 Å². The van der Waals surface area contributed by atoms with Crippen LogP contribution in [0.4, 0.5) is 0 Å². The van der Waals surface area contributed by atoms with E-state index in [0.717, 1.165) is 0 Å². The average molecular weight is 345 g/mol. The number of halogens is 1. The van der Waals surface area contributed by atoms with Gasteiger partial charge in [-0.25, -0.2) is 0 Å². The van der Waals surface area contributed by atoms with Crippen LogP contribution >= 0.6 is 11.6 Å². The highest BCUT2D eigenvalue weighted by atomic mass is 35.5. The number of hydrogen-bond acceptors (Lipinski definition) is 3. The van der Waals surface area contributed by atoms with Crippen LogP contribution < -0.4 is 0 Å². The lowest BCUT2D eigenvalue weighted by Gasteiger charge is -2.35. The highest BCUT2D eigenvalue weighted by molar-refractivity contribution is 6.33. The number of benzene rings is 2. The van der Waals surface area contributed by atoms with Gasteiger partial charge < -0.3 is 14.9 Å². The van der Waals surface area contributed by atoms with Crippen molar-refractivity contribution in [2.45, 2.75) is 0 Å². The fourth-order valence-corrected chi connectivity index (χ4v) is 2.96. The summed E-state index contributed by atoms with van der Waals surface area (Å²) in [5.41, 5.74) is 0.753. The van der Waals surface area contributed by atoms with Crippen LogP contribution in [0.15, 0.2) is 48.5 Å². The van der Waals surface area contributed by atoms with Gasteiger partial charge >= 0.3 is 0 Å². The molecule has 0 spiro atoms. The summed E-state index contributed by atoms with van der Waals surface area (Å²) in [6.45, 7) is 1.71. The molecule has 5 nitrogen and oxygen atoms in total. The fraction of sp³-hybridized carbons (Fsp3) is 0.222. The van der Waals surface area contributed by atoms with E-state index in [1.807, 2.05) is 0 Å². The zero-order valence-electron chi connectivity index (χ0n) is 13.0. The van der Waals surface area contributed by atoms with E-state index in [1.54, 1.807) is 52.3 Å². The molecule has 1 aliphatic heterocycles. The van der Waals surface area contributed by atoms with Gasteiger partial charge in [0, 0.05) is 26.2 Å². The number of rotatable bonds is 2. The highest BCUT2D eigenvalue weighted by Gasteiger charge is 2.27. The molecule has 0 unspecified atom stereocenters. The van der Waals surface area contributed by atoms with Crippen molar-refractivity contribution < 1.29 is 14.7 Å². The first-order valence-electron chi connectivity index (χ1n) is 7.69. The second-order valence-electron chi connectivity index (χ2n) is 5.58. The van der Waals surface area contributed by atoms with Gasteiger partial charge in [0.05, 0.1) is 16.1 Å². The number of phenols is 1. The van der Waals surface area contributed by atoms with Gasteiger partial charge in [-0.05, 0) is 24.3 Å². The van der Waals surface area contributed by atoms with Crippen LogP contribution in [0.3, 0.4) is 0 Å². The molecule has 24 heavy (non-hydrogen) atoms. The van der Waals surface area contributed by atoms with Crippen molar-refractivity contribution in [3.63, 3.8) is 0 Å². The van der Waals surface area contributed by atoms with Crippen LogP contribution in [0.2, 0.25) is 5.02 Å². The molecule has 1 saturated heterocycles. The summed E-state index contributed by atoms with van der Waals surface area (Å²) in [6, 6.07) is 13.4. The number of phenolic OH excluding ortho intramolecular Hbond substituents is 1. The fourth-order valence-electron chi connectivity index (χ4n) is 2.74. The second-order valence-corrected chi connectivity index (χ2v) is 5.99. The van der Waals surface area contributed by atoms with Crippen molar-refractivity contribution in [2.75, 3.05) is 26.2 Å². The molecular formula is C18H17ClN2O3. The van der Waals surface area contributed by atoms with Gasteiger partial charge in [-0.1, -0.05) is 35.9 Å². The van der Waals surface area contributed by atoms with E-state index in [4.69, 9.17) is 11.6 Å². The molecule has 1 N–H and O–H groups in total. The van der Waals surface area contributed by atoms with E-state index in [-0.39, 0.29) is 23.1 Å². The first kappa shape index (κ1) is 16.3. The number of aromatic hydroxyl groups is 1.